The highest BCUT2D eigenvalue weighted by Crippen LogP contribution is 2.31. The molecule has 2 nitrogen and oxygen atoms in total. The van der Waals surface area contributed by atoms with Crippen LogP contribution in [0.5, 0.6) is 0 Å². The van der Waals surface area contributed by atoms with Crippen LogP contribution in [0, 0.1) is 6.07 Å². The van der Waals surface area contributed by atoms with Gasteiger partial charge in [0.2, 0.25) is 0 Å². The summed E-state index contributed by atoms with van der Waals surface area (Å²) in [6, 6.07) is 10.4. The van der Waals surface area contributed by atoms with Crippen molar-refractivity contribution in [3.8, 4) is 0 Å². The first-order valence-electron chi connectivity index (χ1n) is 6.29. The van der Waals surface area contributed by atoms with Crippen molar-refractivity contribution < 1.29 is 0 Å². The number of nitrogens with zero attached hydrogens (tertiary/aromatic N) is 2. The number of hydrogen-bond acceptors (Lipinski definition) is 2. The lowest BCUT2D eigenvalue weighted by Gasteiger charge is -2.36. The lowest BCUT2D eigenvalue weighted by atomic mass is 10.0. The molecule has 0 amide bonds. The predicted octanol–water partition coefficient (Wildman–Crippen LogP) is 1.94. The van der Waals surface area contributed by atoms with Gasteiger partial charge in [0.1, 0.15) is 0 Å². The van der Waals surface area contributed by atoms with Crippen LogP contribution in [0.3, 0.4) is 0 Å². The van der Waals surface area contributed by atoms with E-state index in [9.17, 15) is 0 Å². The molecule has 0 aliphatic carbocycles. The molecule has 1 fully saturated rings. The number of rotatable bonds is 1. The van der Waals surface area contributed by atoms with Crippen LogP contribution in [0.25, 0.3) is 0 Å². The van der Waals surface area contributed by atoms with E-state index in [1.165, 1.54) is 50.1 Å². The fourth-order valence-electron chi connectivity index (χ4n) is 2.98. The summed E-state index contributed by atoms with van der Waals surface area (Å²) in [5, 5.41) is 0. The highest BCUT2D eigenvalue weighted by atomic mass is 15.2. The van der Waals surface area contributed by atoms with Crippen LogP contribution in [0.1, 0.15) is 18.4 Å². The van der Waals surface area contributed by atoms with Crippen LogP contribution in [-0.2, 0) is 6.42 Å². The zero-order chi connectivity index (χ0) is 11.0. The molecule has 1 saturated heterocycles. The molecular weight excluding hydrogens is 196 g/mol. The largest absolute Gasteiger partial charge is 0.368 e. The summed E-state index contributed by atoms with van der Waals surface area (Å²) in [5.74, 6) is 0. The smallest absolute Gasteiger partial charge is 0.0408 e. The Morgan fingerprint density at radius 3 is 2.88 bits per heavy atom. The molecule has 2 heterocycles. The van der Waals surface area contributed by atoms with Crippen molar-refractivity contribution in [2.45, 2.75) is 25.3 Å². The zero-order valence-electron chi connectivity index (χ0n) is 9.95. The third kappa shape index (κ3) is 1.71. The Bertz CT molecular complexity index is 367. The van der Waals surface area contributed by atoms with Gasteiger partial charge in [-0.25, -0.2) is 0 Å². The van der Waals surface area contributed by atoms with E-state index in [4.69, 9.17) is 0 Å². The molecule has 0 bridgehead atoms. The Kier molecular flexibility index (Phi) is 2.60. The highest BCUT2D eigenvalue weighted by Gasteiger charge is 2.27. The molecule has 2 heteroatoms. The number of likely N-dealkylation sites (tertiary alicyclic amines) is 1. The van der Waals surface area contributed by atoms with Gasteiger partial charge in [0, 0.05) is 18.3 Å². The minimum atomic E-state index is 0.758. The fourth-order valence-corrected chi connectivity index (χ4v) is 2.98. The molecule has 0 unspecified atom stereocenters. The maximum absolute atomic E-state index is 3.22. The quantitative estimate of drug-likeness (QED) is 0.706. The first-order valence-corrected chi connectivity index (χ1v) is 6.29. The average Bonchev–Trinajstić information content (AvgIpc) is 2.74. The zero-order valence-corrected chi connectivity index (χ0v) is 9.95. The maximum Gasteiger partial charge on any atom is 0.0408 e. The molecule has 2 aliphatic rings. The summed E-state index contributed by atoms with van der Waals surface area (Å²) < 4.78 is 0. The molecule has 2 aliphatic heterocycles. The summed E-state index contributed by atoms with van der Waals surface area (Å²) in [5.41, 5.74) is 2.95. The minimum Gasteiger partial charge on any atom is -0.368 e. The van der Waals surface area contributed by atoms with Crippen LogP contribution in [0.4, 0.5) is 5.69 Å². The van der Waals surface area contributed by atoms with E-state index in [-0.39, 0.29) is 0 Å². The maximum atomic E-state index is 3.22. The second-order valence-corrected chi connectivity index (χ2v) is 5.03. The second kappa shape index (κ2) is 4.10. The Balaban J connectivity index is 1.77. The van der Waals surface area contributed by atoms with Crippen LogP contribution >= 0.6 is 0 Å². The number of piperidine rings is 1. The van der Waals surface area contributed by atoms with Crippen molar-refractivity contribution >= 4 is 5.69 Å². The highest BCUT2D eigenvalue weighted by molar-refractivity contribution is 5.58. The second-order valence-electron chi connectivity index (χ2n) is 5.03. The fraction of sp³-hybridized carbons (Fsp3) is 0.571. The average molecular weight is 215 g/mol. The van der Waals surface area contributed by atoms with Crippen molar-refractivity contribution in [2.75, 3.05) is 31.6 Å². The third-order valence-corrected chi connectivity index (χ3v) is 3.99. The molecule has 85 valence electrons. The van der Waals surface area contributed by atoms with Gasteiger partial charge in [-0.1, -0.05) is 12.1 Å². The number of hydrogen-bond donors (Lipinski definition) is 0. The molecule has 1 aromatic carbocycles. The Morgan fingerprint density at radius 2 is 2.06 bits per heavy atom. The summed E-state index contributed by atoms with van der Waals surface area (Å²) >= 11 is 0. The van der Waals surface area contributed by atoms with Crippen LogP contribution in [0.15, 0.2) is 18.2 Å². The van der Waals surface area contributed by atoms with Gasteiger partial charge in [0.15, 0.2) is 0 Å². The van der Waals surface area contributed by atoms with Crippen molar-refractivity contribution in [2.24, 2.45) is 0 Å². The Hall–Kier alpha value is -1.02. The predicted molar refractivity (Wildman–Crippen MR) is 66.8 cm³/mol. The van der Waals surface area contributed by atoms with E-state index in [0.717, 1.165) is 6.04 Å². The summed E-state index contributed by atoms with van der Waals surface area (Å²) in [6.45, 7) is 3.70. The normalized spacial score (nSPS) is 22.4. The molecule has 3 rings (SSSR count). The minimum absolute atomic E-state index is 0.758. The van der Waals surface area contributed by atoms with Gasteiger partial charge in [-0.15, -0.1) is 0 Å². The lowest BCUT2D eigenvalue weighted by Crippen LogP contribution is -2.43. The van der Waals surface area contributed by atoms with E-state index < -0.39 is 0 Å². The molecule has 0 spiro atoms. The van der Waals surface area contributed by atoms with E-state index in [1.54, 1.807) is 0 Å². The summed E-state index contributed by atoms with van der Waals surface area (Å²) in [4.78, 5) is 5.05. The van der Waals surface area contributed by atoms with Gasteiger partial charge in [-0.2, -0.15) is 0 Å². The molecule has 1 aromatic rings. The van der Waals surface area contributed by atoms with Crippen molar-refractivity contribution in [3.63, 3.8) is 0 Å². The van der Waals surface area contributed by atoms with Gasteiger partial charge in [0.05, 0.1) is 0 Å². The van der Waals surface area contributed by atoms with Crippen LogP contribution in [0.2, 0.25) is 0 Å². The van der Waals surface area contributed by atoms with Gasteiger partial charge >= 0.3 is 0 Å². The Morgan fingerprint density at radius 1 is 1.25 bits per heavy atom. The standard InChI is InChI=1S/C14H19N2/c1-15-9-7-13(8-10-15)16-11-6-12-4-2-3-5-14(12)16/h2,4-5,13H,6-11H2,1H3. The third-order valence-electron chi connectivity index (χ3n) is 3.99. The monoisotopic (exact) mass is 215 g/mol. The molecule has 16 heavy (non-hydrogen) atoms. The van der Waals surface area contributed by atoms with Gasteiger partial charge in [-0.05, 0) is 57.1 Å². The number of fused-ring (bicyclic) bond motifs is 1. The first-order chi connectivity index (χ1) is 7.84. The SMILES string of the molecule is CN1CCC(N2CCc3cc[c]cc32)CC1. The van der Waals surface area contributed by atoms with E-state index >= 15 is 0 Å². The van der Waals surface area contributed by atoms with Crippen molar-refractivity contribution in [1.82, 2.24) is 4.90 Å². The van der Waals surface area contributed by atoms with Gasteiger partial charge in [-0.3, -0.25) is 0 Å². The molecular formula is C14H19N2. The van der Waals surface area contributed by atoms with Crippen LogP contribution in [-0.4, -0.2) is 37.6 Å². The lowest BCUT2D eigenvalue weighted by molar-refractivity contribution is 0.251. The molecule has 0 atom stereocenters. The van der Waals surface area contributed by atoms with E-state index in [1.807, 2.05) is 6.07 Å². The van der Waals surface area contributed by atoms with Crippen LogP contribution < -0.4 is 4.90 Å². The molecule has 0 saturated carbocycles. The summed E-state index contributed by atoms with van der Waals surface area (Å²) in [7, 11) is 2.22. The number of anilines is 1. The first kappa shape index (κ1) is 10.2. The van der Waals surface area contributed by atoms with Gasteiger partial charge < -0.3 is 9.80 Å². The topological polar surface area (TPSA) is 6.48 Å². The number of benzene rings is 1. The van der Waals surface area contributed by atoms with Crippen molar-refractivity contribution in [3.05, 3.63) is 29.8 Å². The van der Waals surface area contributed by atoms with Gasteiger partial charge in [0.25, 0.3) is 0 Å². The van der Waals surface area contributed by atoms with E-state index in [0.29, 0.717) is 0 Å². The molecule has 0 aromatic heterocycles. The molecule has 0 N–H and O–H groups in total. The molecule has 1 radical (unpaired) electrons. The summed E-state index contributed by atoms with van der Waals surface area (Å²) in [6.07, 6.45) is 3.84. The van der Waals surface area contributed by atoms with E-state index in [2.05, 4.69) is 35.0 Å². The van der Waals surface area contributed by atoms with Crippen molar-refractivity contribution in [1.29, 1.82) is 0 Å². The Labute approximate surface area is 97.9 Å².